The number of carbonyl (C=O) groups is 2. The molecule has 2 amide bonds. The molecule has 6 heteroatoms. The highest BCUT2D eigenvalue weighted by atomic mass is 35.5. The van der Waals surface area contributed by atoms with E-state index >= 15 is 0 Å². The van der Waals surface area contributed by atoms with Gasteiger partial charge in [-0.3, -0.25) is 9.59 Å². The number of hydrogen-bond donors (Lipinski definition) is 0. The Bertz CT molecular complexity index is 1270. The first kappa shape index (κ1) is 20.9. The van der Waals surface area contributed by atoms with Crippen LogP contribution in [0, 0.1) is 25.2 Å². The van der Waals surface area contributed by atoms with E-state index in [9.17, 15) is 9.59 Å². The summed E-state index contributed by atoms with van der Waals surface area (Å²) in [4.78, 5) is 29.2. The zero-order chi connectivity index (χ0) is 22.1. The molecule has 1 heterocycles. The normalized spacial score (nSPS) is 13.7. The van der Waals surface area contributed by atoms with E-state index in [1.54, 1.807) is 36.4 Å². The summed E-state index contributed by atoms with van der Waals surface area (Å²) in [6.07, 6.45) is 0. The molecule has 0 saturated heterocycles. The second-order valence-electron chi connectivity index (χ2n) is 7.16. The van der Waals surface area contributed by atoms with Crippen molar-refractivity contribution in [3.8, 4) is 6.07 Å². The molecule has 0 bridgehead atoms. The van der Waals surface area contributed by atoms with Crippen LogP contribution in [0.1, 0.15) is 22.3 Å². The van der Waals surface area contributed by atoms with Gasteiger partial charge in [-0.2, -0.15) is 5.26 Å². The van der Waals surface area contributed by atoms with E-state index in [2.05, 4.69) is 0 Å². The Kier molecular flexibility index (Phi) is 5.69. The van der Waals surface area contributed by atoms with Gasteiger partial charge >= 0.3 is 0 Å². The van der Waals surface area contributed by atoms with Crippen molar-refractivity contribution in [2.75, 3.05) is 4.90 Å². The average Bonchev–Trinajstić information content (AvgIpc) is 3.01. The lowest BCUT2D eigenvalue weighted by Gasteiger charge is -2.15. The number of anilines is 1. The summed E-state index contributed by atoms with van der Waals surface area (Å²) >= 11 is 7.24. The molecule has 0 unspecified atom stereocenters. The number of hydrogen-bond acceptors (Lipinski definition) is 4. The number of amides is 2. The van der Waals surface area contributed by atoms with Crippen LogP contribution in [0.25, 0.3) is 5.57 Å². The fraction of sp³-hybridized carbons (Fsp3) is 0.0800. The Labute approximate surface area is 189 Å². The third-order valence-corrected chi connectivity index (χ3v) is 6.47. The number of rotatable bonds is 4. The van der Waals surface area contributed by atoms with E-state index in [4.69, 9.17) is 16.9 Å². The third kappa shape index (κ3) is 4.00. The van der Waals surface area contributed by atoms with Crippen molar-refractivity contribution in [2.45, 2.75) is 18.7 Å². The van der Waals surface area contributed by atoms with Gasteiger partial charge in [0.1, 0.15) is 0 Å². The van der Waals surface area contributed by atoms with Crippen LogP contribution in [-0.2, 0) is 9.59 Å². The number of imide groups is 1. The Morgan fingerprint density at radius 1 is 0.871 bits per heavy atom. The molecule has 1 aliphatic rings. The van der Waals surface area contributed by atoms with Crippen molar-refractivity contribution in [1.82, 2.24) is 0 Å². The average molecular weight is 445 g/mol. The topological polar surface area (TPSA) is 61.2 Å². The van der Waals surface area contributed by atoms with Crippen LogP contribution in [0.5, 0.6) is 0 Å². The molecule has 0 aromatic heterocycles. The molecule has 4 nitrogen and oxygen atoms in total. The van der Waals surface area contributed by atoms with Crippen LogP contribution < -0.4 is 4.90 Å². The quantitative estimate of drug-likeness (QED) is 0.469. The van der Waals surface area contributed by atoms with E-state index in [0.29, 0.717) is 32.3 Å². The fourth-order valence-corrected chi connectivity index (χ4v) is 4.42. The molecular weight excluding hydrogens is 428 g/mol. The van der Waals surface area contributed by atoms with Gasteiger partial charge in [0.05, 0.1) is 27.8 Å². The zero-order valence-corrected chi connectivity index (χ0v) is 18.4. The number of benzene rings is 3. The predicted octanol–water partition coefficient (Wildman–Crippen LogP) is 5.91. The van der Waals surface area contributed by atoms with Gasteiger partial charge in [-0.25, -0.2) is 4.90 Å². The monoisotopic (exact) mass is 444 g/mol. The van der Waals surface area contributed by atoms with Crippen molar-refractivity contribution >= 4 is 46.4 Å². The number of aryl methyl sites for hydroxylation is 2. The number of thioether (sulfide) groups is 1. The van der Waals surface area contributed by atoms with Gasteiger partial charge in [0, 0.05) is 9.92 Å². The minimum absolute atomic E-state index is 0.361. The lowest BCUT2D eigenvalue weighted by molar-refractivity contribution is -0.119. The summed E-state index contributed by atoms with van der Waals surface area (Å²) < 4.78 is 0. The summed E-state index contributed by atoms with van der Waals surface area (Å²) in [5.41, 5.74) is 4.12. The Morgan fingerprint density at radius 3 is 2.16 bits per heavy atom. The molecule has 1 aliphatic heterocycles. The molecule has 3 aromatic rings. The smallest absolute Gasteiger partial charge is 0.268 e. The van der Waals surface area contributed by atoms with Crippen molar-refractivity contribution in [3.63, 3.8) is 0 Å². The summed E-state index contributed by atoms with van der Waals surface area (Å²) in [5, 5.41) is 9.64. The van der Waals surface area contributed by atoms with Gasteiger partial charge in [-0.05, 0) is 79.1 Å². The van der Waals surface area contributed by atoms with Crippen LogP contribution in [0.15, 0.2) is 76.5 Å². The lowest BCUT2D eigenvalue weighted by Crippen LogP contribution is -2.31. The molecule has 0 aliphatic carbocycles. The van der Waals surface area contributed by atoms with Crippen molar-refractivity contribution in [1.29, 1.82) is 5.26 Å². The number of nitriles is 1. The molecule has 31 heavy (non-hydrogen) atoms. The molecule has 0 radical (unpaired) electrons. The highest BCUT2D eigenvalue weighted by molar-refractivity contribution is 8.04. The van der Waals surface area contributed by atoms with Crippen LogP contribution >= 0.6 is 23.4 Å². The molecule has 4 rings (SSSR count). The minimum atomic E-state index is -0.386. The highest BCUT2D eigenvalue weighted by Crippen LogP contribution is 2.41. The van der Waals surface area contributed by atoms with Gasteiger partial charge < -0.3 is 0 Å². The summed E-state index contributed by atoms with van der Waals surface area (Å²) in [6.45, 7) is 3.98. The Morgan fingerprint density at radius 2 is 1.55 bits per heavy atom. The number of halogens is 1. The first-order chi connectivity index (χ1) is 14.9. The lowest BCUT2D eigenvalue weighted by atomic mass is 10.0. The number of nitrogens with zero attached hydrogens (tertiary/aromatic N) is 2. The third-order valence-electron chi connectivity index (χ3n) is 5.13. The highest BCUT2D eigenvalue weighted by Gasteiger charge is 2.40. The van der Waals surface area contributed by atoms with E-state index < -0.39 is 0 Å². The van der Waals surface area contributed by atoms with Crippen LogP contribution in [0.2, 0.25) is 5.02 Å². The Balaban J connectivity index is 1.82. The van der Waals surface area contributed by atoms with Gasteiger partial charge in [0.25, 0.3) is 11.8 Å². The zero-order valence-electron chi connectivity index (χ0n) is 16.8. The Hall–Kier alpha value is -3.33. The van der Waals surface area contributed by atoms with Gasteiger partial charge in [0.15, 0.2) is 0 Å². The van der Waals surface area contributed by atoms with Crippen LogP contribution in [-0.4, -0.2) is 11.8 Å². The van der Waals surface area contributed by atoms with E-state index in [1.807, 2.05) is 50.2 Å². The second kappa shape index (κ2) is 8.43. The van der Waals surface area contributed by atoms with E-state index in [1.165, 1.54) is 16.7 Å². The molecule has 152 valence electrons. The molecule has 0 spiro atoms. The first-order valence-corrected chi connectivity index (χ1v) is 10.7. The maximum absolute atomic E-state index is 13.5. The minimum Gasteiger partial charge on any atom is -0.268 e. The SMILES string of the molecule is Cc1ccc(C2=C(Sc3ccc(Cl)cc3)C(=O)N(c3ccc(C#N)cc3)C2=O)cc1C. The van der Waals surface area contributed by atoms with Crippen LogP contribution in [0.3, 0.4) is 0 Å². The van der Waals surface area contributed by atoms with E-state index in [0.717, 1.165) is 16.0 Å². The largest absolute Gasteiger partial charge is 0.272 e. The van der Waals surface area contributed by atoms with E-state index in [-0.39, 0.29) is 11.8 Å². The molecule has 0 fully saturated rings. The predicted molar refractivity (Wildman–Crippen MR) is 124 cm³/mol. The van der Waals surface area contributed by atoms with Gasteiger partial charge in [-0.15, -0.1) is 0 Å². The maximum Gasteiger partial charge on any atom is 0.272 e. The summed E-state index contributed by atoms with van der Waals surface area (Å²) in [6, 6.07) is 21.3. The van der Waals surface area contributed by atoms with Crippen LogP contribution in [0.4, 0.5) is 5.69 Å². The second-order valence-corrected chi connectivity index (χ2v) is 8.68. The molecule has 3 aromatic carbocycles. The first-order valence-electron chi connectivity index (χ1n) is 9.53. The maximum atomic E-state index is 13.5. The van der Waals surface area contributed by atoms with Crippen molar-refractivity contribution in [3.05, 3.63) is 98.9 Å². The standard InChI is InChI=1S/C25H17ClN2O2S/c1-15-3-6-18(13-16(15)2)22-23(31-21-11-7-19(26)8-12-21)25(30)28(24(22)29)20-9-4-17(14-27)5-10-20/h3-13H,1-2H3. The molecule has 0 saturated carbocycles. The number of carbonyl (C=O) groups excluding carboxylic acids is 2. The fourth-order valence-electron chi connectivity index (χ4n) is 3.30. The summed E-state index contributed by atoms with van der Waals surface area (Å²) in [7, 11) is 0. The molecule has 0 N–H and O–H groups in total. The molecular formula is C25H17ClN2O2S. The van der Waals surface area contributed by atoms with Gasteiger partial charge in [0.2, 0.25) is 0 Å². The van der Waals surface area contributed by atoms with Crippen molar-refractivity contribution < 1.29 is 9.59 Å². The van der Waals surface area contributed by atoms with Gasteiger partial charge in [-0.1, -0.05) is 41.6 Å². The van der Waals surface area contributed by atoms with Crippen molar-refractivity contribution in [2.24, 2.45) is 0 Å². The molecule has 0 atom stereocenters. The summed E-state index contributed by atoms with van der Waals surface area (Å²) in [5.74, 6) is -0.766.